The number of likely N-dealkylation sites (N-methyl/N-ethyl adjacent to an activating group) is 1. The highest BCUT2D eigenvalue weighted by molar-refractivity contribution is 7.86. The molecule has 7 atom stereocenters. The molecule has 1 aliphatic heterocycles. The third kappa shape index (κ3) is 9.60. The van der Waals surface area contributed by atoms with E-state index in [1.54, 1.807) is 0 Å². The van der Waals surface area contributed by atoms with Crippen LogP contribution in [0.4, 0.5) is 0 Å². The fourth-order valence-corrected chi connectivity index (χ4v) is 5.85. The van der Waals surface area contributed by atoms with Gasteiger partial charge in [0.1, 0.15) is 18.0 Å². The third-order valence-corrected chi connectivity index (χ3v) is 6.94. The van der Waals surface area contributed by atoms with E-state index in [1.807, 2.05) is 0 Å². The van der Waals surface area contributed by atoms with E-state index in [0.717, 1.165) is 46.4 Å². The third-order valence-electron chi connectivity index (χ3n) is 5.26. The molecule has 0 bridgehead atoms. The number of rotatable bonds is 11. The van der Waals surface area contributed by atoms with Crippen LogP contribution in [0, 0.1) is 0 Å². The molecule has 1 fully saturated rings. The number of ether oxygens (including phenoxy) is 5. The zero-order chi connectivity index (χ0) is 30.2. The molecule has 0 N–H and O–H groups in total. The molecule has 0 aromatic carbocycles. The molecule has 0 radical (unpaired) electrons. The van der Waals surface area contributed by atoms with Crippen LogP contribution in [-0.2, 0) is 68.0 Å². The van der Waals surface area contributed by atoms with Crippen molar-refractivity contribution in [3.8, 4) is 0 Å². The lowest BCUT2D eigenvalue weighted by Crippen LogP contribution is -2.60. The summed E-state index contributed by atoms with van der Waals surface area (Å²) in [5, 5.41) is -1.56. The molecular weight excluding hydrogens is 544 g/mol. The largest absolute Gasteiger partial charge is 0.462 e. The first-order valence-electron chi connectivity index (χ1n) is 11.7. The van der Waals surface area contributed by atoms with Crippen LogP contribution < -0.4 is 0 Å². The highest BCUT2D eigenvalue weighted by atomic mass is 32.2. The lowest BCUT2D eigenvalue weighted by Gasteiger charge is -2.39. The molecule has 1 unspecified atom stereocenters. The molecule has 220 valence electrons. The number of carbonyl (C=O) groups is 7. The summed E-state index contributed by atoms with van der Waals surface area (Å²) in [6, 6.07) is -1.23. The predicted molar refractivity (Wildman–Crippen MR) is 131 cm³/mol. The van der Waals surface area contributed by atoms with Crippen LogP contribution in [0.2, 0.25) is 0 Å². The molecule has 2 amide bonds. The lowest BCUT2D eigenvalue weighted by atomic mass is 10.0. The van der Waals surface area contributed by atoms with Crippen molar-refractivity contribution in [1.29, 1.82) is 0 Å². The standard InChI is InChI=1S/C23H34N2O13S/c1-11(26)25-17(22(32)24(7)8)10-39(33)23(25)21(38-16(6)31)20(37-15(5)30)19(36-14(4)29)18(35-13(3)28)9-34-12(2)27/h17-21,23H,9-10H2,1-8H3/t17-,18+,19-,20-,21+,23+,39?/m0/s1. The van der Waals surface area contributed by atoms with Gasteiger partial charge in [-0.1, -0.05) is 0 Å². The highest BCUT2D eigenvalue weighted by Gasteiger charge is 2.56. The number of amides is 2. The maximum atomic E-state index is 13.4. The number of hydrogen-bond donors (Lipinski definition) is 0. The Morgan fingerprint density at radius 1 is 0.769 bits per heavy atom. The molecule has 0 saturated carbocycles. The molecule has 1 rings (SSSR count). The fraction of sp³-hybridized carbons (Fsp3) is 0.696. The highest BCUT2D eigenvalue weighted by Crippen LogP contribution is 2.31. The van der Waals surface area contributed by atoms with Crippen LogP contribution in [0.1, 0.15) is 41.5 Å². The molecule has 1 heterocycles. The van der Waals surface area contributed by atoms with Crippen LogP contribution in [0.25, 0.3) is 0 Å². The molecule has 0 aromatic rings. The van der Waals surface area contributed by atoms with Gasteiger partial charge in [-0.2, -0.15) is 0 Å². The summed E-state index contributed by atoms with van der Waals surface area (Å²) < 4.78 is 39.6. The minimum atomic E-state index is -2.07. The van der Waals surface area contributed by atoms with Gasteiger partial charge in [0, 0.05) is 55.6 Å². The van der Waals surface area contributed by atoms with Crippen LogP contribution in [0.15, 0.2) is 0 Å². The molecule has 15 nitrogen and oxygen atoms in total. The van der Waals surface area contributed by atoms with Gasteiger partial charge in [0.25, 0.3) is 0 Å². The SMILES string of the molecule is CC(=O)OC[C@@H](OC(C)=O)[C@H](OC(C)=O)[C@H](OC(C)=O)[C@@H](OC(C)=O)[C@@H]1N(C(C)=O)[C@H](C(=O)N(C)C)CS1=O. The van der Waals surface area contributed by atoms with Crippen molar-refractivity contribution in [3.63, 3.8) is 0 Å². The first kappa shape index (κ1) is 33.5. The minimum absolute atomic E-state index is 0.342. The number of nitrogens with zero attached hydrogens (tertiary/aromatic N) is 2. The summed E-state index contributed by atoms with van der Waals surface area (Å²) in [7, 11) is 0.787. The monoisotopic (exact) mass is 578 g/mol. The Hall–Kier alpha value is -3.56. The first-order chi connectivity index (χ1) is 18.0. The topological polar surface area (TPSA) is 189 Å². The van der Waals surface area contributed by atoms with E-state index in [4.69, 9.17) is 23.7 Å². The van der Waals surface area contributed by atoms with Crippen molar-refractivity contribution in [1.82, 2.24) is 9.80 Å². The first-order valence-corrected chi connectivity index (χ1v) is 13.1. The molecule has 1 aliphatic rings. The van der Waals surface area contributed by atoms with E-state index in [1.165, 1.54) is 19.0 Å². The molecule has 16 heteroatoms. The van der Waals surface area contributed by atoms with Crippen molar-refractivity contribution in [2.45, 2.75) is 77.4 Å². The number of hydrogen-bond acceptors (Lipinski definition) is 13. The second-order valence-electron chi connectivity index (χ2n) is 8.79. The van der Waals surface area contributed by atoms with Crippen molar-refractivity contribution in [2.75, 3.05) is 26.5 Å². The maximum Gasteiger partial charge on any atom is 0.303 e. The quantitative estimate of drug-likeness (QED) is 0.207. The van der Waals surface area contributed by atoms with Crippen LogP contribution >= 0.6 is 0 Å². The zero-order valence-corrected chi connectivity index (χ0v) is 23.8. The summed E-state index contributed by atoms with van der Waals surface area (Å²) in [5.41, 5.74) is 0. The van der Waals surface area contributed by atoms with E-state index in [0.29, 0.717) is 0 Å². The van der Waals surface area contributed by atoms with Gasteiger partial charge in [-0.3, -0.25) is 37.8 Å². The Kier molecular flexibility index (Phi) is 12.5. The van der Waals surface area contributed by atoms with Gasteiger partial charge in [-0.15, -0.1) is 0 Å². The minimum Gasteiger partial charge on any atom is -0.462 e. The van der Waals surface area contributed by atoms with Crippen molar-refractivity contribution in [2.24, 2.45) is 0 Å². The van der Waals surface area contributed by atoms with Crippen molar-refractivity contribution >= 4 is 52.5 Å². The van der Waals surface area contributed by atoms with Crippen LogP contribution in [-0.4, -0.2) is 118 Å². The molecular formula is C23H34N2O13S. The second kappa shape index (κ2) is 14.6. The normalized spacial score (nSPS) is 21.4. The van der Waals surface area contributed by atoms with Crippen molar-refractivity contribution < 1.29 is 61.5 Å². The average molecular weight is 579 g/mol. The summed E-state index contributed by atoms with van der Waals surface area (Å²) in [6.07, 6.45) is -7.03. The summed E-state index contributed by atoms with van der Waals surface area (Å²) in [6.45, 7) is 5.44. The van der Waals surface area contributed by atoms with Crippen LogP contribution in [0.3, 0.4) is 0 Å². The Bertz CT molecular complexity index is 1010. The average Bonchev–Trinajstić information content (AvgIpc) is 3.13. The van der Waals surface area contributed by atoms with Gasteiger partial charge < -0.3 is 33.5 Å². The summed E-state index contributed by atoms with van der Waals surface area (Å²) in [4.78, 5) is 87.6. The smallest absolute Gasteiger partial charge is 0.303 e. The van der Waals surface area contributed by atoms with E-state index in [9.17, 15) is 37.8 Å². The maximum absolute atomic E-state index is 13.4. The summed E-state index contributed by atoms with van der Waals surface area (Å²) >= 11 is 0. The molecule has 0 aromatic heterocycles. The number of esters is 5. The van der Waals surface area contributed by atoms with Crippen LogP contribution in [0.5, 0.6) is 0 Å². The van der Waals surface area contributed by atoms with Gasteiger partial charge in [0.15, 0.2) is 24.4 Å². The lowest BCUT2D eigenvalue weighted by molar-refractivity contribution is -0.205. The molecule has 39 heavy (non-hydrogen) atoms. The van der Waals surface area contributed by atoms with E-state index in [2.05, 4.69) is 0 Å². The molecule has 0 aliphatic carbocycles. The Morgan fingerprint density at radius 3 is 1.67 bits per heavy atom. The van der Waals surface area contributed by atoms with Gasteiger partial charge in [0.2, 0.25) is 11.8 Å². The second-order valence-corrected chi connectivity index (χ2v) is 10.4. The molecule has 0 spiro atoms. The van der Waals surface area contributed by atoms with Gasteiger partial charge in [0.05, 0.1) is 16.6 Å². The van der Waals surface area contributed by atoms with Gasteiger partial charge in [-0.25, -0.2) is 0 Å². The van der Waals surface area contributed by atoms with E-state index >= 15 is 0 Å². The van der Waals surface area contributed by atoms with Crippen molar-refractivity contribution in [3.05, 3.63) is 0 Å². The predicted octanol–water partition coefficient (Wildman–Crippen LogP) is -1.33. The molecule has 1 saturated heterocycles. The summed E-state index contributed by atoms with van der Waals surface area (Å²) in [5.74, 6) is -6.24. The Labute approximate surface area is 227 Å². The van der Waals surface area contributed by atoms with E-state index < -0.39 is 94.9 Å². The Balaban J connectivity index is 3.84. The zero-order valence-electron chi connectivity index (χ0n) is 23.0. The number of carbonyl (C=O) groups excluding carboxylic acids is 7. The van der Waals surface area contributed by atoms with Gasteiger partial charge in [-0.05, 0) is 0 Å². The van der Waals surface area contributed by atoms with E-state index in [-0.39, 0.29) is 5.75 Å². The van der Waals surface area contributed by atoms with Gasteiger partial charge >= 0.3 is 29.8 Å². The Morgan fingerprint density at radius 2 is 1.26 bits per heavy atom. The fourth-order valence-electron chi connectivity index (χ4n) is 3.98.